The van der Waals surface area contributed by atoms with Crippen molar-refractivity contribution < 1.29 is 9.50 Å². The van der Waals surface area contributed by atoms with Crippen LogP contribution in [-0.2, 0) is 6.42 Å². The summed E-state index contributed by atoms with van der Waals surface area (Å²) in [6, 6.07) is 9.23. The zero-order valence-corrected chi connectivity index (χ0v) is 12.6. The lowest BCUT2D eigenvalue weighted by Crippen LogP contribution is -2.09. The Morgan fingerprint density at radius 3 is 2.65 bits per heavy atom. The number of rotatable bonds is 3. The first-order valence-corrected chi connectivity index (χ1v) is 7.23. The molecule has 0 spiro atoms. The quantitative estimate of drug-likeness (QED) is 0.755. The molecular formula is C19H15FN2O. The van der Waals surface area contributed by atoms with Crippen molar-refractivity contribution in [2.75, 3.05) is 0 Å². The van der Waals surface area contributed by atoms with Crippen LogP contribution in [0.2, 0.25) is 0 Å². The maximum Gasteiger partial charge on any atom is 0.138 e. The van der Waals surface area contributed by atoms with E-state index in [4.69, 9.17) is 6.42 Å². The van der Waals surface area contributed by atoms with Crippen molar-refractivity contribution in [3.05, 3.63) is 59.9 Å². The lowest BCUT2D eigenvalue weighted by molar-refractivity contribution is 0.230. The fourth-order valence-corrected chi connectivity index (χ4v) is 2.47. The number of hydrogen-bond donors (Lipinski definition) is 1. The lowest BCUT2D eigenvalue weighted by atomic mass is 10.0. The van der Waals surface area contributed by atoms with Crippen LogP contribution in [0.5, 0.6) is 0 Å². The molecule has 114 valence electrons. The number of aryl methyl sites for hydroxylation is 1. The van der Waals surface area contributed by atoms with Crippen LogP contribution in [0.3, 0.4) is 0 Å². The van der Waals surface area contributed by atoms with E-state index in [9.17, 15) is 9.50 Å². The Labute approximate surface area is 133 Å². The average Bonchev–Trinajstić information content (AvgIpc) is 2.56. The molecule has 3 aromatic rings. The van der Waals surface area contributed by atoms with Gasteiger partial charge < -0.3 is 5.11 Å². The molecule has 0 aliphatic carbocycles. The molecular weight excluding hydrogens is 291 g/mol. The zero-order valence-electron chi connectivity index (χ0n) is 12.6. The van der Waals surface area contributed by atoms with Gasteiger partial charge in [-0.05, 0) is 12.3 Å². The summed E-state index contributed by atoms with van der Waals surface area (Å²) >= 11 is 0. The highest BCUT2D eigenvalue weighted by Gasteiger charge is 2.11. The summed E-state index contributed by atoms with van der Waals surface area (Å²) in [5, 5.41) is 10.8. The van der Waals surface area contributed by atoms with Crippen molar-refractivity contribution in [2.45, 2.75) is 19.4 Å². The molecule has 0 fully saturated rings. The molecule has 23 heavy (non-hydrogen) atoms. The smallest absolute Gasteiger partial charge is 0.138 e. The van der Waals surface area contributed by atoms with Crippen molar-refractivity contribution in [1.82, 2.24) is 9.97 Å². The fourth-order valence-electron chi connectivity index (χ4n) is 2.47. The first-order chi connectivity index (χ1) is 11.1. The van der Waals surface area contributed by atoms with Gasteiger partial charge in [0.15, 0.2) is 0 Å². The molecule has 2 aromatic carbocycles. The number of aliphatic hydroxyl groups excluding tert-OH is 1. The molecule has 4 heteroatoms. The van der Waals surface area contributed by atoms with Crippen molar-refractivity contribution in [3.63, 3.8) is 0 Å². The van der Waals surface area contributed by atoms with Crippen LogP contribution in [-0.4, -0.2) is 21.2 Å². The third-order valence-electron chi connectivity index (χ3n) is 3.69. The Hall–Kier alpha value is -2.77. The third-order valence-corrected chi connectivity index (χ3v) is 3.69. The first-order valence-electron chi connectivity index (χ1n) is 7.23. The normalized spacial score (nSPS) is 12.1. The number of fused-ring (bicyclic) bond motifs is 1. The van der Waals surface area contributed by atoms with E-state index < -0.39 is 6.10 Å². The number of terminal acetylenes is 1. The second-order valence-electron chi connectivity index (χ2n) is 5.43. The summed E-state index contributed by atoms with van der Waals surface area (Å²) in [6.45, 7) is 1.97. The Balaban J connectivity index is 1.99. The van der Waals surface area contributed by atoms with Gasteiger partial charge in [-0.3, -0.25) is 0 Å². The third kappa shape index (κ3) is 3.05. The maximum absolute atomic E-state index is 14.7. The topological polar surface area (TPSA) is 46.0 Å². The maximum atomic E-state index is 14.7. The predicted octanol–water partition coefficient (Wildman–Crippen LogP) is 3.28. The molecule has 0 aliphatic heterocycles. The van der Waals surface area contributed by atoms with Crippen LogP contribution in [0, 0.1) is 25.1 Å². The van der Waals surface area contributed by atoms with Gasteiger partial charge in [0, 0.05) is 35.3 Å². The molecule has 3 nitrogen and oxygen atoms in total. The summed E-state index contributed by atoms with van der Waals surface area (Å²) in [5.74, 6) is 2.35. The molecule has 0 bridgehead atoms. The van der Waals surface area contributed by atoms with Gasteiger partial charge >= 0.3 is 0 Å². The van der Waals surface area contributed by atoms with E-state index in [1.807, 2.05) is 25.1 Å². The minimum absolute atomic E-state index is 0.177. The summed E-state index contributed by atoms with van der Waals surface area (Å²) < 4.78 is 14.7. The van der Waals surface area contributed by atoms with E-state index >= 15 is 0 Å². The molecule has 0 amide bonds. The minimum Gasteiger partial charge on any atom is -0.380 e. The molecule has 1 atom stereocenters. The summed E-state index contributed by atoms with van der Waals surface area (Å²) in [4.78, 5) is 8.29. The van der Waals surface area contributed by atoms with Gasteiger partial charge in [0.05, 0.1) is 0 Å². The van der Waals surface area contributed by atoms with E-state index in [1.165, 1.54) is 0 Å². The van der Waals surface area contributed by atoms with E-state index in [2.05, 4.69) is 15.9 Å². The van der Waals surface area contributed by atoms with Gasteiger partial charge in [0.2, 0.25) is 0 Å². The Morgan fingerprint density at radius 2 is 1.96 bits per heavy atom. The van der Waals surface area contributed by atoms with Gasteiger partial charge in [0.25, 0.3) is 0 Å². The van der Waals surface area contributed by atoms with Crippen molar-refractivity contribution in [1.29, 1.82) is 0 Å². The number of aromatic nitrogens is 2. The lowest BCUT2D eigenvalue weighted by Gasteiger charge is -2.08. The van der Waals surface area contributed by atoms with Gasteiger partial charge in [-0.15, -0.1) is 6.42 Å². The monoisotopic (exact) mass is 306 g/mol. The molecule has 1 unspecified atom stereocenters. The molecule has 1 aromatic heterocycles. The van der Waals surface area contributed by atoms with E-state index in [1.54, 1.807) is 24.5 Å². The van der Waals surface area contributed by atoms with Crippen LogP contribution in [0.1, 0.15) is 11.4 Å². The summed E-state index contributed by atoms with van der Waals surface area (Å²) in [6.07, 6.45) is 7.47. The number of hydrogen-bond acceptors (Lipinski definition) is 3. The highest BCUT2D eigenvalue weighted by atomic mass is 19.1. The van der Waals surface area contributed by atoms with Crippen LogP contribution in [0.15, 0.2) is 42.7 Å². The molecule has 1 N–H and O–H groups in total. The Bertz CT molecular complexity index is 898. The number of aliphatic hydroxyl groups is 1. The first kappa shape index (κ1) is 15.1. The summed E-state index contributed by atoms with van der Waals surface area (Å²) in [7, 11) is 0. The SMILES string of the molecule is C#CC(O)Cc1ncc(-c2ccc3cc(C)ccc3c2F)cn1. The second-order valence-corrected chi connectivity index (χ2v) is 5.43. The molecule has 0 radical (unpaired) electrons. The minimum atomic E-state index is -0.915. The molecule has 0 saturated carbocycles. The van der Waals surface area contributed by atoms with E-state index in [-0.39, 0.29) is 12.2 Å². The van der Waals surface area contributed by atoms with Crippen LogP contribution < -0.4 is 0 Å². The van der Waals surface area contributed by atoms with Crippen molar-refractivity contribution in [2.24, 2.45) is 0 Å². The number of benzene rings is 2. The zero-order chi connectivity index (χ0) is 16.4. The van der Waals surface area contributed by atoms with Gasteiger partial charge in [-0.25, -0.2) is 14.4 Å². The van der Waals surface area contributed by atoms with Crippen molar-refractivity contribution in [3.8, 4) is 23.5 Å². The predicted molar refractivity (Wildman–Crippen MR) is 88.2 cm³/mol. The number of nitrogens with zero attached hydrogens (tertiary/aromatic N) is 2. The largest absolute Gasteiger partial charge is 0.380 e. The molecule has 1 heterocycles. The average molecular weight is 306 g/mol. The fraction of sp³-hybridized carbons (Fsp3) is 0.158. The number of halogens is 1. The van der Waals surface area contributed by atoms with E-state index in [0.717, 1.165) is 10.9 Å². The molecule has 0 saturated heterocycles. The summed E-state index contributed by atoms with van der Waals surface area (Å²) in [5.41, 5.74) is 2.12. The van der Waals surface area contributed by atoms with Crippen LogP contribution in [0.4, 0.5) is 4.39 Å². The standard InChI is InChI=1S/C19H15FN2O/c1-3-15(23)9-18-21-10-14(11-22-18)17-7-5-13-8-12(2)4-6-16(13)19(17)20/h1,4-8,10-11,15,23H,9H2,2H3. The van der Waals surface area contributed by atoms with E-state index in [0.29, 0.717) is 22.3 Å². The molecule has 3 rings (SSSR count). The van der Waals surface area contributed by atoms with Crippen LogP contribution >= 0.6 is 0 Å². The second kappa shape index (κ2) is 6.15. The van der Waals surface area contributed by atoms with Gasteiger partial charge in [-0.1, -0.05) is 41.8 Å². The van der Waals surface area contributed by atoms with Gasteiger partial charge in [-0.2, -0.15) is 0 Å². The van der Waals surface area contributed by atoms with Crippen LogP contribution in [0.25, 0.3) is 21.9 Å². The van der Waals surface area contributed by atoms with Crippen molar-refractivity contribution >= 4 is 10.8 Å². The Kier molecular flexibility index (Phi) is 4.05. The van der Waals surface area contributed by atoms with Gasteiger partial charge in [0.1, 0.15) is 17.7 Å². The molecule has 0 aliphatic rings. The highest BCUT2D eigenvalue weighted by molar-refractivity contribution is 5.88. The highest BCUT2D eigenvalue weighted by Crippen LogP contribution is 2.28. The Morgan fingerprint density at radius 1 is 1.22 bits per heavy atom.